The van der Waals surface area contributed by atoms with Crippen LogP contribution in [0.1, 0.15) is 115 Å². The van der Waals surface area contributed by atoms with Gasteiger partial charge in [-0.1, -0.05) is 71.1 Å². The van der Waals surface area contributed by atoms with Gasteiger partial charge in [-0.15, -0.1) is 0 Å². The maximum Gasteiger partial charge on any atom is 0.303 e. The summed E-state index contributed by atoms with van der Waals surface area (Å²) in [5.74, 6) is 0.721. The summed E-state index contributed by atoms with van der Waals surface area (Å²) in [7, 11) is 0. The Labute approximate surface area is 173 Å². The van der Waals surface area contributed by atoms with Crippen molar-refractivity contribution >= 4 is 5.97 Å². The predicted octanol–water partition coefficient (Wildman–Crippen LogP) is 6.43. The summed E-state index contributed by atoms with van der Waals surface area (Å²) < 4.78 is 4.82. The zero-order valence-corrected chi connectivity index (χ0v) is 18.6. The van der Waals surface area contributed by atoms with Crippen molar-refractivity contribution in [3.63, 3.8) is 0 Å². The molecule has 0 fully saturated rings. The monoisotopic (exact) mass is 393 g/mol. The van der Waals surface area contributed by atoms with E-state index in [1.54, 1.807) is 0 Å². The Morgan fingerprint density at radius 3 is 2.00 bits per heavy atom. The largest absolute Gasteiger partial charge is 0.481 e. The number of hydrogen-bond donors (Lipinski definition) is 1. The van der Waals surface area contributed by atoms with Crippen LogP contribution in [0.4, 0.5) is 0 Å². The third-order valence-corrected chi connectivity index (χ3v) is 5.80. The van der Waals surface area contributed by atoms with Gasteiger partial charge in [0.1, 0.15) is 12.4 Å². The van der Waals surface area contributed by atoms with E-state index in [1.807, 2.05) is 0 Å². The van der Waals surface area contributed by atoms with Crippen LogP contribution in [0.3, 0.4) is 0 Å². The molecular formula is C24H45N2O2+. The average Bonchev–Trinajstić information content (AvgIpc) is 3.02. The zero-order valence-electron chi connectivity index (χ0n) is 18.6. The van der Waals surface area contributed by atoms with Crippen molar-refractivity contribution in [1.82, 2.24) is 4.57 Å². The number of aliphatic carboxylic acids is 1. The lowest BCUT2D eigenvalue weighted by atomic mass is 10.1. The molecule has 162 valence electrons. The van der Waals surface area contributed by atoms with Crippen LogP contribution in [-0.2, 0) is 17.9 Å². The van der Waals surface area contributed by atoms with E-state index in [1.165, 1.54) is 89.3 Å². The third kappa shape index (κ3) is 12.2. The van der Waals surface area contributed by atoms with Crippen molar-refractivity contribution in [3.05, 3.63) is 18.2 Å². The van der Waals surface area contributed by atoms with Gasteiger partial charge >= 0.3 is 5.97 Å². The number of hydrogen-bond acceptors (Lipinski definition) is 1. The Kier molecular flexibility index (Phi) is 14.7. The summed E-state index contributed by atoms with van der Waals surface area (Å²) >= 11 is 0. The van der Waals surface area contributed by atoms with Gasteiger partial charge in [0, 0.05) is 13.3 Å². The fraction of sp³-hybridized carbons (Fsp3) is 0.833. The minimum Gasteiger partial charge on any atom is -0.481 e. The molecule has 1 aromatic rings. The number of aromatic nitrogens is 2. The highest BCUT2D eigenvalue weighted by Gasteiger charge is 2.11. The first-order valence-electron chi connectivity index (χ1n) is 11.9. The first-order chi connectivity index (χ1) is 13.6. The van der Waals surface area contributed by atoms with Gasteiger partial charge in [-0.05, 0) is 32.1 Å². The smallest absolute Gasteiger partial charge is 0.303 e. The summed E-state index contributed by atoms with van der Waals surface area (Å²) in [6, 6.07) is 0. The van der Waals surface area contributed by atoms with Crippen molar-refractivity contribution in [2.24, 2.45) is 0 Å². The van der Waals surface area contributed by atoms with E-state index in [0.717, 1.165) is 25.9 Å². The molecule has 4 heteroatoms. The molecule has 0 amide bonds. The topological polar surface area (TPSA) is 46.1 Å². The summed E-state index contributed by atoms with van der Waals surface area (Å²) in [4.78, 5) is 10.5. The van der Waals surface area contributed by atoms with Gasteiger partial charge in [0.25, 0.3) is 5.82 Å². The van der Waals surface area contributed by atoms with Crippen molar-refractivity contribution < 1.29 is 14.5 Å². The highest BCUT2D eigenvalue weighted by atomic mass is 16.4. The molecule has 0 aliphatic rings. The predicted molar refractivity (Wildman–Crippen MR) is 117 cm³/mol. The zero-order chi connectivity index (χ0) is 20.5. The molecule has 0 aromatic carbocycles. The summed E-state index contributed by atoms with van der Waals surface area (Å²) in [6.45, 7) is 6.80. The van der Waals surface area contributed by atoms with E-state index in [0.29, 0.717) is 6.42 Å². The molecule has 0 unspecified atom stereocenters. The number of carbonyl (C=O) groups is 1. The number of imidazole rings is 1. The van der Waals surface area contributed by atoms with Crippen LogP contribution in [0.25, 0.3) is 0 Å². The number of rotatable bonds is 19. The maximum atomic E-state index is 10.5. The fourth-order valence-electron chi connectivity index (χ4n) is 3.87. The molecular weight excluding hydrogens is 348 g/mol. The molecule has 4 nitrogen and oxygen atoms in total. The van der Waals surface area contributed by atoms with Crippen molar-refractivity contribution in [3.8, 4) is 0 Å². The molecule has 0 bridgehead atoms. The number of aryl methyl sites for hydroxylation is 2. The highest BCUT2D eigenvalue weighted by molar-refractivity contribution is 5.66. The Morgan fingerprint density at radius 2 is 1.39 bits per heavy atom. The van der Waals surface area contributed by atoms with Gasteiger partial charge in [-0.3, -0.25) is 4.79 Å². The second-order valence-corrected chi connectivity index (χ2v) is 8.33. The molecule has 0 spiro atoms. The number of carboxylic acids is 1. The summed E-state index contributed by atoms with van der Waals surface area (Å²) in [5, 5.41) is 8.62. The molecule has 0 aliphatic carbocycles. The highest BCUT2D eigenvalue weighted by Crippen LogP contribution is 2.10. The van der Waals surface area contributed by atoms with Crippen LogP contribution in [0.5, 0.6) is 0 Å². The van der Waals surface area contributed by atoms with Gasteiger partial charge in [-0.25, -0.2) is 9.13 Å². The van der Waals surface area contributed by atoms with Crippen molar-refractivity contribution in [1.29, 1.82) is 0 Å². The summed E-state index contributed by atoms with van der Waals surface area (Å²) in [6.07, 6.45) is 23.9. The first-order valence-corrected chi connectivity index (χ1v) is 11.9. The lowest BCUT2D eigenvalue weighted by Gasteiger charge is -2.03. The van der Waals surface area contributed by atoms with Crippen molar-refractivity contribution in [2.75, 3.05) is 0 Å². The van der Waals surface area contributed by atoms with Crippen LogP contribution >= 0.6 is 0 Å². The lowest BCUT2D eigenvalue weighted by molar-refractivity contribution is -0.702. The average molecular weight is 394 g/mol. The second-order valence-electron chi connectivity index (χ2n) is 8.33. The summed E-state index contributed by atoms with van der Waals surface area (Å²) in [5.41, 5.74) is 0. The fourth-order valence-corrected chi connectivity index (χ4v) is 3.87. The lowest BCUT2D eigenvalue weighted by Crippen LogP contribution is -2.35. The number of carboxylic acid groups (broad SMARTS) is 1. The molecule has 0 aliphatic heterocycles. The number of nitrogens with zero attached hydrogens (tertiary/aromatic N) is 2. The van der Waals surface area contributed by atoms with Gasteiger partial charge < -0.3 is 5.11 Å². The van der Waals surface area contributed by atoms with E-state index < -0.39 is 5.97 Å². The second kappa shape index (κ2) is 16.6. The van der Waals surface area contributed by atoms with E-state index in [-0.39, 0.29) is 0 Å². The Hall–Kier alpha value is -1.32. The standard InChI is InChI=1S/C24H44N2O2/c1-3-4-5-6-7-10-13-16-19-25-21-22-26(23(25)2)20-17-14-11-8-9-12-15-18-24(27)28/h21-22H,3-20H2,1-2H3/p+1. The first kappa shape index (κ1) is 24.7. The Bertz CT molecular complexity index is 511. The quantitative estimate of drug-likeness (QED) is 0.217. The third-order valence-electron chi connectivity index (χ3n) is 5.80. The molecule has 1 N–H and O–H groups in total. The molecule has 28 heavy (non-hydrogen) atoms. The van der Waals surface area contributed by atoms with E-state index in [4.69, 9.17) is 5.11 Å². The minimum atomic E-state index is -0.665. The molecule has 0 atom stereocenters. The van der Waals surface area contributed by atoms with E-state index in [2.05, 4.69) is 35.4 Å². The van der Waals surface area contributed by atoms with Gasteiger partial charge in [0.05, 0.1) is 13.1 Å². The molecule has 0 saturated heterocycles. The van der Waals surface area contributed by atoms with E-state index in [9.17, 15) is 4.79 Å². The van der Waals surface area contributed by atoms with Crippen molar-refractivity contribution in [2.45, 2.75) is 130 Å². The normalized spacial score (nSPS) is 11.2. The van der Waals surface area contributed by atoms with Gasteiger partial charge in [0.15, 0.2) is 0 Å². The SMILES string of the molecule is CCCCCCCCCCn1cc[n+](CCCCCCCCCC(=O)O)c1C. The molecule has 0 radical (unpaired) electrons. The molecule has 1 rings (SSSR count). The molecule has 1 heterocycles. The maximum absolute atomic E-state index is 10.5. The Morgan fingerprint density at radius 1 is 0.857 bits per heavy atom. The minimum absolute atomic E-state index is 0.325. The molecule has 1 aromatic heterocycles. The van der Waals surface area contributed by atoms with Crippen LogP contribution < -0.4 is 4.57 Å². The van der Waals surface area contributed by atoms with Crippen LogP contribution in [-0.4, -0.2) is 15.6 Å². The van der Waals surface area contributed by atoms with Gasteiger partial charge in [0.2, 0.25) is 0 Å². The van der Waals surface area contributed by atoms with Crippen LogP contribution in [0, 0.1) is 6.92 Å². The van der Waals surface area contributed by atoms with Gasteiger partial charge in [-0.2, -0.15) is 0 Å². The van der Waals surface area contributed by atoms with Crippen LogP contribution in [0.15, 0.2) is 12.4 Å². The molecule has 0 saturated carbocycles. The van der Waals surface area contributed by atoms with Crippen LogP contribution in [0.2, 0.25) is 0 Å². The van der Waals surface area contributed by atoms with E-state index >= 15 is 0 Å². The Balaban J connectivity index is 2.03. The number of unbranched alkanes of at least 4 members (excludes halogenated alkanes) is 13.